The van der Waals surface area contributed by atoms with Crippen LogP contribution >= 0.6 is 12.2 Å². The molecule has 0 spiro atoms. The normalized spacial score (nSPS) is 16.6. The van der Waals surface area contributed by atoms with E-state index in [1.54, 1.807) is 18.3 Å². The zero-order valence-electron chi connectivity index (χ0n) is 20.5. The number of hydrogen-bond donors (Lipinski definition) is 1. The predicted octanol–water partition coefficient (Wildman–Crippen LogP) is 7.22. The Labute approximate surface area is 229 Å². The zero-order chi connectivity index (χ0) is 26.8. The number of nitrogens with zero attached hydrogens (tertiary/aromatic N) is 3. The second-order valence-electron chi connectivity index (χ2n) is 8.91. The molecule has 2 aromatic heterocycles. The SMILES string of the molecule is O=[N+]([O-])c1ccc(-c2ccc([C@@H]3[C@@H](c4ccccn4)NC(=S)N3c3ccc(Oc4ccccc4)cc3)o2)cc1. The van der Waals surface area contributed by atoms with Crippen LogP contribution in [0.4, 0.5) is 11.4 Å². The maximum absolute atomic E-state index is 11.1. The van der Waals surface area contributed by atoms with Crippen molar-refractivity contribution in [3.63, 3.8) is 0 Å². The van der Waals surface area contributed by atoms with Crippen LogP contribution in [0.1, 0.15) is 23.5 Å². The molecular weight excluding hydrogens is 512 g/mol. The molecule has 1 aliphatic rings. The lowest BCUT2D eigenvalue weighted by atomic mass is 10.0. The topological polar surface area (TPSA) is 93.7 Å². The van der Waals surface area contributed by atoms with E-state index in [0.717, 1.165) is 22.7 Å². The Morgan fingerprint density at radius 3 is 2.28 bits per heavy atom. The molecule has 9 heteroatoms. The smallest absolute Gasteiger partial charge is 0.269 e. The van der Waals surface area contributed by atoms with Gasteiger partial charge in [-0.15, -0.1) is 0 Å². The molecule has 1 aliphatic heterocycles. The Hall–Kier alpha value is -5.02. The molecule has 0 amide bonds. The first kappa shape index (κ1) is 24.3. The van der Waals surface area contributed by atoms with E-state index in [4.69, 9.17) is 21.4 Å². The average Bonchev–Trinajstić information content (AvgIpc) is 3.59. The van der Waals surface area contributed by atoms with Crippen LogP contribution in [0, 0.1) is 10.1 Å². The summed E-state index contributed by atoms with van der Waals surface area (Å²) >= 11 is 5.80. The third-order valence-corrected chi connectivity index (χ3v) is 6.79. The molecule has 5 aromatic rings. The van der Waals surface area contributed by atoms with Crippen molar-refractivity contribution in [2.45, 2.75) is 12.1 Å². The average molecular weight is 535 g/mol. The maximum Gasteiger partial charge on any atom is 0.269 e. The Morgan fingerprint density at radius 1 is 0.872 bits per heavy atom. The van der Waals surface area contributed by atoms with Crippen LogP contribution < -0.4 is 15.0 Å². The molecule has 1 saturated heterocycles. The fourth-order valence-corrected chi connectivity index (χ4v) is 4.98. The van der Waals surface area contributed by atoms with Gasteiger partial charge in [0, 0.05) is 29.6 Å². The number of furan rings is 1. The third kappa shape index (κ3) is 4.95. The fourth-order valence-electron chi connectivity index (χ4n) is 4.64. The molecule has 0 aliphatic carbocycles. The van der Waals surface area contributed by atoms with Crippen molar-refractivity contribution in [3.8, 4) is 22.8 Å². The van der Waals surface area contributed by atoms with Gasteiger partial charge in [-0.25, -0.2) is 0 Å². The molecule has 6 rings (SSSR count). The van der Waals surface area contributed by atoms with E-state index in [9.17, 15) is 10.1 Å². The number of para-hydroxylation sites is 1. The van der Waals surface area contributed by atoms with Crippen LogP contribution in [0.2, 0.25) is 0 Å². The lowest BCUT2D eigenvalue weighted by Crippen LogP contribution is -2.29. The minimum absolute atomic E-state index is 0.0250. The van der Waals surface area contributed by atoms with Gasteiger partial charge >= 0.3 is 0 Å². The van der Waals surface area contributed by atoms with Gasteiger partial charge in [0.1, 0.15) is 29.1 Å². The number of ether oxygens (including phenoxy) is 1. The van der Waals surface area contributed by atoms with Crippen molar-refractivity contribution in [3.05, 3.63) is 137 Å². The monoisotopic (exact) mass is 534 g/mol. The number of anilines is 1. The number of thiocarbonyl (C=S) groups is 1. The number of non-ortho nitro benzene ring substituents is 1. The number of aromatic nitrogens is 1. The summed E-state index contributed by atoms with van der Waals surface area (Å²) in [6.45, 7) is 0. The summed E-state index contributed by atoms with van der Waals surface area (Å²) in [6, 6.07) is 32.5. The summed E-state index contributed by atoms with van der Waals surface area (Å²) in [7, 11) is 0. The quantitative estimate of drug-likeness (QED) is 0.133. The standard InChI is InChI=1S/C30H22N4O4S/c35-34(36)22-11-9-20(10-12-22)26-17-18-27(38-26)29-28(25-8-4-5-19-31-25)32-30(39)33(29)21-13-15-24(16-14-21)37-23-6-2-1-3-7-23/h1-19,28-29H,(H,32,39)/t28-,29-/m1/s1. The molecule has 3 aromatic carbocycles. The molecule has 1 fully saturated rings. The molecular formula is C30H22N4O4S. The van der Waals surface area contributed by atoms with E-state index in [0.29, 0.717) is 22.4 Å². The van der Waals surface area contributed by atoms with Crippen molar-refractivity contribution in [2.24, 2.45) is 0 Å². The number of pyridine rings is 1. The predicted molar refractivity (Wildman–Crippen MR) is 152 cm³/mol. The molecule has 0 unspecified atom stereocenters. The van der Waals surface area contributed by atoms with Gasteiger partial charge in [-0.05, 0) is 85.0 Å². The van der Waals surface area contributed by atoms with Crippen molar-refractivity contribution in [1.82, 2.24) is 10.3 Å². The highest BCUT2D eigenvalue weighted by Gasteiger charge is 2.42. The molecule has 3 heterocycles. The Balaban J connectivity index is 1.34. The van der Waals surface area contributed by atoms with E-state index in [1.807, 2.05) is 89.8 Å². The van der Waals surface area contributed by atoms with Crippen LogP contribution in [0.5, 0.6) is 11.5 Å². The van der Waals surface area contributed by atoms with Gasteiger partial charge in [0.25, 0.3) is 5.69 Å². The van der Waals surface area contributed by atoms with Gasteiger partial charge in [0.15, 0.2) is 5.11 Å². The zero-order valence-corrected chi connectivity index (χ0v) is 21.3. The van der Waals surface area contributed by atoms with Crippen LogP contribution in [0.3, 0.4) is 0 Å². The fraction of sp³-hybridized carbons (Fsp3) is 0.0667. The first-order valence-electron chi connectivity index (χ1n) is 12.2. The van der Waals surface area contributed by atoms with E-state index >= 15 is 0 Å². The van der Waals surface area contributed by atoms with Crippen LogP contribution in [0.15, 0.2) is 120 Å². The molecule has 192 valence electrons. The van der Waals surface area contributed by atoms with Crippen molar-refractivity contribution >= 4 is 28.7 Å². The highest BCUT2D eigenvalue weighted by atomic mass is 32.1. The minimum atomic E-state index is -0.423. The lowest BCUT2D eigenvalue weighted by molar-refractivity contribution is -0.384. The summed E-state index contributed by atoms with van der Waals surface area (Å²) in [5, 5.41) is 15.0. The molecule has 0 bridgehead atoms. The van der Waals surface area contributed by atoms with Crippen molar-refractivity contribution in [2.75, 3.05) is 4.90 Å². The molecule has 1 N–H and O–H groups in total. The summed E-state index contributed by atoms with van der Waals surface area (Å²) in [5.74, 6) is 2.74. The van der Waals surface area contributed by atoms with Crippen LogP contribution in [0.25, 0.3) is 11.3 Å². The van der Waals surface area contributed by atoms with E-state index in [2.05, 4.69) is 10.3 Å². The maximum atomic E-state index is 11.1. The van der Waals surface area contributed by atoms with Gasteiger partial charge < -0.3 is 19.4 Å². The van der Waals surface area contributed by atoms with Gasteiger partial charge in [-0.3, -0.25) is 15.1 Å². The summed E-state index contributed by atoms with van der Waals surface area (Å²) in [4.78, 5) is 17.2. The van der Waals surface area contributed by atoms with Gasteiger partial charge in [-0.2, -0.15) is 0 Å². The molecule has 0 saturated carbocycles. The largest absolute Gasteiger partial charge is 0.459 e. The minimum Gasteiger partial charge on any atom is -0.459 e. The Morgan fingerprint density at radius 2 is 1.59 bits per heavy atom. The molecule has 39 heavy (non-hydrogen) atoms. The third-order valence-electron chi connectivity index (χ3n) is 6.47. The Bertz CT molecular complexity index is 1610. The van der Waals surface area contributed by atoms with E-state index < -0.39 is 4.92 Å². The highest BCUT2D eigenvalue weighted by Crippen LogP contribution is 2.43. The number of nitro groups is 1. The summed E-state index contributed by atoms with van der Waals surface area (Å²) < 4.78 is 12.3. The van der Waals surface area contributed by atoms with E-state index in [1.165, 1.54) is 12.1 Å². The van der Waals surface area contributed by atoms with E-state index in [-0.39, 0.29) is 17.8 Å². The molecule has 8 nitrogen and oxygen atoms in total. The van der Waals surface area contributed by atoms with Gasteiger partial charge in [-0.1, -0.05) is 24.3 Å². The number of benzene rings is 3. The second-order valence-corrected chi connectivity index (χ2v) is 9.30. The Kier molecular flexibility index (Phi) is 6.48. The van der Waals surface area contributed by atoms with Crippen LogP contribution in [-0.4, -0.2) is 15.0 Å². The number of rotatable bonds is 7. The first-order chi connectivity index (χ1) is 19.1. The second kappa shape index (κ2) is 10.4. The molecule has 2 atom stereocenters. The van der Waals surface area contributed by atoms with Crippen molar-refractivity contribution < 1.29 is 14.1 Å². The van der Waals surface area contributed by atoms with Crippen LogP contribution in [-0.2, 0) is 0 Å². The lowest BCUT2D eigenvalue weighted by Gasteiger charge is -2.26. The molecule has 0 radical (unpaired) electrons. The van der Waals surface area contributed by atoms with Gasteiger partial charge in [0.05, 0.1) is 16.7 Å². The van der Waals surface area contributed by atoms with Crippen molar-refractivity contribution in [1.29, 1.82) is 0 Å². The number of hydrogen-bond acceptors (Lipinski definition) is 6. The number of nitrogens with one attached hydrogen (secondary N) is 1. The van der Waals surface area contributed by atoms with Gasteiger partial charge in [0.2, 0.25) is 0 Å². The summed E-state index contributed by atoms with van der Waals surface area (Å²) in [6.07, 6.45) is 1.75. The number of nitro benzene ring substituents is 1. The highest BCUT2D eigenvalue weighted by molar-refractivity contribution is 7.80. The first-order valence-corrected chi connectivity index (χ1v) is 12.7. The summed E-state index contributed by atoms with van der Waals surface area (Å²) in [5.41, 5.74) is 2.45.